The molecule has 3 rings (SSSR count). The molecule has 0 aromatic heterocycles. The summed E-state index contributed by atoms with van der Waals surface area (Å²) in [5.74, 6) is 0.313. The number of carbonyl (C=O) groups is 1. The highest BCUT2D eigenvalue weighted by molar-refractivity contribution is 7.92. The van der Waals surface area contributed by atoms with E-state index in [1.807, 2.05) is 26.8 Å². The molecular weight excluding hydrogens is 412 g/mol. The molecule has 3 aromatic carbocycles. The number of aryl methyl sites for hydroxylation is 3. The number of anilines is 2. The fourth-order valence-corrected chi connectivity index (χ4v) is 4.37. The number of hydrogen-bond acceptors (Lipinski definition) is 4. The van der Waals surface area contributed by atoms with E-state index in [0.29, 0.717) is 29.3 Å². The van der Waals surface area contributed by atoms with Crippen LogP contribution >= 0.6 is 0 Å². The third-order valence-corrected chi connectivity index (χ3v) is 6.45. The van der Waals surface area contributed by atoms with Gasteiger partial charge < -0.3 is 10.1 Å². The van der Waals surface area contributed by atoms with Crippen LogP contribution in [0.25, 0.3) is 0 Å². The molecule has 3 aromatic rings. The van der Waals surface area contributed by atoms with Crippen LogP contribution in [0, 0.1) is 20.8 Å². The zero-order valence-corrected chi connectivity index (χ0v) is 18.8. The lowest BCUT2D eigenvalue weighted by molar-refractivity contribution is 0.102. The molecule has 0 aliphatic carbocycles. The van der Waals surface area contributed by atoms with E-state index in [2.05, 4.69) is 10.0 Å². The highest BCUT2D eigenvalue weighted by atomic mass is 32.2. The maximum Gasteiger partial charge on any atom is 0.262 e. The number of ether oxygens (including phenoxy) is 1. The Morgan fingerprint density at radius 1 is 0.839 bits per heavy atom. The third-order valence-electron chi connectivity index (χ3n) is 4.92. The van der Waals surface area contributed by atoms with Crippen molar-refractivity contribution in [2.24, 2.45) is 0 Å². The van der Waals surface area contributed by atoms with Crippen molar-refractivity contribution in [3.63, 3.8) is 0 Å². The summed E-state index contributed by atoms with van der Waals surface area (Å²) < 4.78 is 34.0. The van der Waals surface area contributed by atoms with Crippen molar-refractivity contribution >= 4 is 27.3 Å². The molecule has 6 nitrogen and oxygen atoms in total. The van der Waals surface area contributed by atoms with Crippen LogP contribution in [0.5, 0.6) is 5.75 Å². The average Bonchev–Trinajstić information content (AvgIpc) is 2.72. The Balaban J connectivity index is 1.82. The molecule has 0 bridgehead atoms. The van der Waals surface area contributed by atoms with Crippen LogP contribution in [0.15, 0.2) is 65.6 Å². The minimum absolute atomic E-state index is 0.0603. The highest BCUT2D eigenvalue weighted by Crippen LogP contribution is 2.23. The lowest BCUT2D eigenvalue weighted by Gasteiger charge is -2.13. The fourth-order valence-electron chi connectivity index (χ4n) is 3.05. The van der Waals surface area contributed by atoms with Crippen LogP contribution in [-0.2, 0) is 10.0 Å². The molecule has 7 heteroatoms. The van der Waals surface area contributed by atoms with Crippen LogP contribution < -0.4 is 14.8 Å². The summed E-state index contributed by atoms with van der Waals surface area (Å²) in [6.07, 6.45) is 0. The second-order valence-corrected chi connectivity index (χ2v) is 8.95. The topological polar surface area (TPSA) is 84.5 Å². The normalized spacial score (nSPS) is 11.1. The predicted octanol–water partition coefficient (Wildman–Crippen LogP) is 5.06. The first-order valence-corrected chi connectivity index (χ1v) is 11.4. The second-order valence-electron chi connectivity index (χ2n) is 7.30. The summed E-state index contributed by atoms with van der Waals surface area (Å²) >= 11 is 0. The number of carbonyl (C=O) groups excluding carboxylic acids is 1. The molecule has 0 atom stereocenters. The first-order valence-electron chi connectivity index (χ1n) is 9.94. The van der Waals surface area contributed by atoms with Gasteiger partial charge in [0.1, 0.15) is 5.75 Å². The molecule has 0 aliphatic heterocycles. The number of amides is 1. The Kier molecular flexibility index (Phi) is 6.65. The smallest absolute Gasteiger partial charge is 0.262 e. The fraction of sp³-hybridized carbons (Fsp3) is 0.208. The van der Waals surface area contributed by atoms with E-state index in [-0.39, 0.29) is 10.5 Å². The van der Waals surface area contributed by atoms with Gasteiger partial charge in [-0.3, -0.25) is 9.52 Å². The van der Waals surface area contributed by atoms with Crippen LogP contribution in [-0.4, -0.2) is 20.9 Å². The number of sulfonamides is 1. The molecule has 2 N–H and O–H groups in total. The molecule has 0 saturated heterocycles. The van der Waals surface area contributed by atoms with Gasteiger partial charge in [0.2, 0.25) is 0 Å². The van der Waals surface area contributed by atoms with E-state index >= 15 is 0 Å². The third kappa shape index (κ3) is 5.44. The van der Waals surface area contributed by atoms with Gasteiger partial charge in [0.15, 0.2) is 0 Å². The van der Waals surface area contributed by atoms with Crippen LogP contribution in [0.1, 0.15) is 34.0 Å². The average molecular weight is 439 g/mol. The maximum atomic E-state index is 13.0. The van der Waals surface area contributed by atoms with Crippen molar-refractivity contribution in [2.75, 3.05) is 16.6 Å². The lowest BCUT2D eigenvalue weighted by atomic mass is 10.1. The molecular formula is C24H26N2O4S. The van der Waals surface area contributed by atoms with Gasteiger partial charge in [0, 0.05) is 16.9 Å². The van der Waals surface area contributed by atoms with Gasteiger partial charge in [-0.1, -0.05) is 12.1 Å². The maximum absolute atomic E-state index is 13.0. The van der Waals surface area contributed by atoms with Crippen LogP contribution in [0.2, 0.25) is 0 Å². The van der Waals surface area contributed by atoms with Gasteiger partial charge in [-0.25, -0.2) is 8.42 Å². The van der Waals surface area contributed by atoms with Crippen molar-refractivity contribution < 1.29 is 17.9 Å². The number of nitrogens with one attached hydrogen (secondary N) is 2. The van der Waals surface area contributed by atoms with Crippen molar-refractivity contribution in [3.05, 3.63) is 82.9 Å². The number of rotatable bonds is 7. The molecule has 162 valence electrons. The molecule has 0 radical (unpaired) electrons. The minimum Gasteiger partial charge on any atom is -0.494 e. The Hall–Kier alpha value is -3.32. The zero-order valence-electron chi connectivity index (χ0n) is 18.0. The molecule has 0 unspecified atom stereocenters. The van der Waals surface area contributed by atoms with Crippen LogP contribution in [0.4, 0.5) is 11.4 Å². The van der Waals surface area contributed by atoms with Crippen molar-refractivity contribution in [2.45, 2.75) is 32.6 Å². The summed E-state index contributed by atoms with van der Waals surface area (Å²) in [6, 6.07) is 17.0. The van der Waals surface area contributed by atoms with E-state index in [9.17, 15) is 13.2 Å². The predicted molar refractivity (Wildman–Crippen MR) is 123 cm³/mol. The number of benzene rings is 3. The quantitative estimate of drug-likeness (QED) is 0.540. The van der Waals surface area contributed by atoms with E-state index in [1.54, 1.807) is 55.5 Å². The minimum atomic E-state index is -3.86. The monoisotopic (exact) mass is 438 g/mol. The highest BCUT2D eigenvalue weighted by Gasteiger charge is 2.20. The second kappa shape index (κ2) is 9.22. The Morgan fingerprint density at radius 2 is 1.48 bits per heavy atom. The van der Waals surface area contributed by atoms with Gasteiger partial charge in [0.05, 0.1) is 11.5 Å². The first-order chi connectivity index (χ1) is 14.7. The van der Waals surface area contributed by atoms with Crippen LogP contribution in [0.3, 0.4) is 0 Å². The summed E-state index contributed by atoms with van der Waals surface area (Å²) in [7, 11) is -3.86. The molecule has 0 saturated carbocycles. The summed E-state index contributed by atoms with van der Waals surface area (Å²) in [6.45, 7) is 8.04. The van der Waals surface area contributed by atoms with Gasteiger partial charge in [-0.15, -0.1) is 0 Å². The zero-order chi connectivity index (χ0) is 22.6. The molecule has 1 amide bonds. The summed E-state index contributed by atoms with van der Waals surface area (Å²) in [5, 5.41) is 2.78. The SMILES string of the molecule is CCOc1ccc(NC(=O)c2ccc(C)c(S(=O)(=O)Nc3ccc(C)c(C)c3)c2)cc1. The summed E-state index contributed by atoms with van der Waals surface area (Å²) in [4.78, 5) is 12.8. The largest absolute Gasteiger partial charge is 0.494 e. The molecule has 0 fully saturated rings. The lowest BCUT2D eigenvalue weighted by Crippen LogP contribution is -2.17. The summed E-state index contributed by atoms with van der Waals surface area (Å²) in [5.41, 5.74) is 3.93. The standard InChI is InChI=1S/C24H26N2O4S/c1-5-30-22-12-10-20(11-13-22)25-24(27)19-8-6-17(3)23(15-19)31(28,29)26-21-9-7-16(2)18(4)14-21/h6-15,26H,5H2,1-4H3,(H,25,27). The van der Waals surface area contributed by atoms with Crippen molar-refractivity contribution in [1.29, 1.82) is 0 Å². The van der Waals surface area contributed by atoms with Gasteiger partial charge in [0.25, 0.3) is 15.9 Å². The van der Waals surface area contributed by atoms with Crippen molar-refractivity contribution in [3.8, 4) is 5.75 Å². The van der Waals surface area contributed by atoms with Gasteiger partial charge in [-0.05, 0) is 92.9 Å². The Labute approximate surface area is 183 Å². The van der Waals surface area contributed by atoms with E-state index < -0.39 is 15.9 Å². The van der Waals surface area contributed by atoms with Gasteiger partial charge in [-0.2, -0.15) is 0 Å². The molecule has 0 aliphatic rings. The molecule has 31 heavy (non-hydrogen) atoms. The van der Waals surface area contributed by atoms with Gasteiger partial charge >= 0.3 is 0 Å². The Bertz CT molecular complexity index is 1200. The molecule has 0 spiro atoms. The van der Waals surface area contributed by atoms with E-state index in [1.165, 1.54) is 6.07 Å². The number of hydrogen-bond donors (Lipinski definition) is 2. The Morgan fingerprint density at radius 3 is 2.13 bits per heavy atom. The van der Waals surface area contributed by atoms with E-state index in [4.69, 9.17) is 4.74 Å². The van der Waals surface area contributed by atoms with E-state index in [0.717, 1.165) is 11.1 Å². The molecule has 0 heterocycles. The first kappa shape index (κ1) is 22.4. The van der Waals surface area contributed by atoms with Crippen molar-refractivity contribution in [1.82, 2.24) is 0 Å².